The van der Waals surface area contributed by atoms with Gasteiger partial charge in [-0.2, -0.15) is 5.10 Å². The van der Waals surface area contributed by atoms with E-state index >= 15 is 0 Å². The first-order valence-corrected chi connectivity index (χ1v) is 8.58. The number of benzene rings is 1. The summed E-state index contributed by atoms with van der Waals surface area (Å²) in [6, 6.07) is 10.3. The number of likely N-dealkylation sites (tertiary alicyclic amines) is 1. The van der Waals surface area contributed by atoms with Gasteiger partial charge in [-0.05, 0) is 50.5 Å². The minimum Gasteiger partial charge on any atom is -0.351 e. The zero-order chi connectivity index (χ0) is 16.5. The molecule has 0 bridgehead atoms. The van der Waals surface area contributed by atoms with E-state index in [4.69, 9.17) is 0 Å². The molecule has 1 saturated heterocycles. The van der Waals surface area contributed by atoms with Gasteiger partial charge in [0.05, 0.1) is 12.6 Å². The Kier molecular flexibility index (Phi) is 3.84. The van der Waals surface area contributed by atoms with E-state index in [1.54, 1.807) is 6.20 Å². The highest BCUT2D eigenvalue weighted by atomic mass is 16.2. The number of aromatic amines is 1. The molecule has 24 heavy (non-hydrogen) atoms. The number of fused-ring (bicyclic) bond motifs is 1. The van der Waals surface area contributed by atoms with E-state index in [-0.39, 0.29) is 11.9 Å². The molecule has 1 fully saturated rings. The van der Waals surface area contributed by atoms with Crippen molar-refractivity contribution in [3.8, 4) is 0 Å². The fourth-order valence-corrected chi connectivity index (χ4v) is 3.60. The Morgan fingerprint density at radius 1 is 1.33 bits per heavy atom. The number of amides is 1. The molecule has 1 N–H and O–H groups in total. The summed E-state index contributed by atoms with van der Waals surface area (Å²) in [6.45, 7) is 3.65. The number of hydrogen-bond acceptors (Lipinski definition) is 2. The lowest BCUT2D eigenvalue weighted by Crippen LogP contribution is -2.46. The third kappa shape index (κ3) is 2.82. The predicted octanol–water partition coefficient (Wildman–Crippen LogP) is 3.37. The van der Waals surface area contributed by atoms with Gasteiger partial charge in [-0.3, -0.25) is 9.48 Å². The second kappa shape index (κ2) is 6.15. The van der Waals surface area contributed by atoms with Crippen LogP contribution in [-0.4, -0.2) is 38.2 Å². The fourth-order valence-electron chi connectivity index (χ4n) is 3.60. The molecule has 0 spiro atoms. The minimum atomic E-state index is 0.0979. The van der Waals surface area contributed by atoms with Gasteiger partial charge in [0.25, 0.3) is 5.91 Å². The number of hydrogen-bond donors (Lipinski definition) is 1. The lowest BCUT2D eigenvalue weighted by molar-refractivity contribution is 0.0579. The van der Waals surface area contributed by atoms with E-state index in [0.717, 1.165) is 36.8 Å². The molecule has 0 saturated carbocycles. The highest BCUT2D eigenvalue weighted by Gasteiger charge is 2.28. The van der Waals surface area contributed by atoms with E-state index < -0.39 is 0 Å². The molecule has 0 unspecified atom stereocenters. The molecule has 1 amide bonds. The number of nitrogens with one attached hydrogen (secondary N) is 1. The Morgan fingerprint density at radius 3 is 3.08 bits per heavy atom. The minimum absolute atomic E-state index is 0.0979. The zero-order valence-electron chi connectivity index (χ0n) is 13.9. The van der Waals surface area contributed by atoms with Gasteiger partial charge >= 0.3 is 0 Å². The molecule has 124 valence electrons. The summed E-state index contributed by atoms with van der Waals surface area (Å²) in [5.41, 5.74) is 2.91. The van der Waals surface area contributed by atoms with E-state index in [1.807, 2.05) is 34.0 Å². The van der Waals surface area contributed by atoms with Crippen LogP contribution in [-0.2, 0) is 6.54 Å². The summed E-state index contributed by atoms with van der Waals surface area (Å²) < 4.78 is 1.92. The molecule has 1 aliphatic rings. The van der Waals surface area contributed by atoms with Crippen LogP contribution in [0.1, 0.15) is 35.3 Å². The first-order valence-electron chi connectivity index (χ1n) is 8.58. The highest BCUT2D eigenvalue weighted by molar-refractivity contribution is 5.98. The third-order valence-electron chi connectivity index (χ3n) is 4.85. The van der Waals surface area contributed by atoms with Crippen LogP contribution in [0.25, 0.3) is 10.9 Å². The smallest absolute Gasteiger partial charge is 0.270 e. The normalized spacial score (nSPS) is 18.2. The second-order valence-corrected chi connectivity index (χ2v) is 6.65. The van der Waals surface area contributed by atoms with Gasteiger partial charge in [-0.25, -0.2) is 0 Å². The van der Waals surface area contributed by atoms with E-state index in [0.29, 0.717) is 5.69 Å². The number of carbonyl (C=O) groups excluding carboxylic acids is 1. The van der Waals surface area contributed by atoms with Gasteiger partial charge in [0.1, 0.15) is 5.69 Å². The molecule has 4 rings (SSSR count). The summed E-state index contributed by atoms with van der Waals surface area (Å²) >= 11 is 0. The van der Waals surface area contributed by atoms with Crippen molar-refractivity contribution in [1.82, 2.24) is 19.7 Å². The molecule has 5 nitrogen and oxygen atoms in total. The van der Waals surface area contributed by atoms with Crippen LogP contribution in [0.5, 0.6) is 0 Å². The van der Waals surface area contributed by atoms with Crippen molar-refractivity contribution in [2.24, 2.45) is 0 Å². The van der Waals surface area contributed by atoms with Gasteiger partial charge < -0.3 is 9.88 Å². The summed E-state index contributed by atoms with van der Waals surface area (Å²) in [4.78, 5) is 18.4. The number of piperidine rings is 1. The Morgan fingerprint density at radius 2 is 2.25 bits per heavy atom. The average Bonchev–Trinajstić information content (AvgIpc) is 3.23. The number of nitrogens with zero attached hydrogens (tertiary/aromatic N) is 3. The molecule has 0 aliphatic carbocycles. The van der Waals surface area contributed by atoms with Crippen molar-refractivity contribution in [2.75, 3.05) is 6.54 Å². The van der Waals surface area contributed by atoms with Crippen LogP contribution < -0.4 is 0 Å². The van der Waals surface area contributed by atoms with Gasteiger partial charge in [0, 0.05) is 29.8 Å². The summed E-state index contributed by atoms with van der Waals surface area (Å²) in [6.07, 6.45) is 7.02. The molecule has 1 aliphatic heterocycles. The Hall–Kier alpha value is -2.56. The maximum absolute atomic E-state index is 13.1. The fraction of sp³-hybridized carbons (Fsp3) is 0.368. The topological polar surface area (TPSA) is 53.9 Å². The molecule has 1 atom stereocenters. The monoisotopic (exact) mass is 322 g/mol. The number of aromatic nitrogens is 3. The molecule has 2 aromatic heterocycles. The van der Waals surface area contributed by atoms with Crippen LogP contribution in [0, 0.1) is 6.92 Å². The Labute approximate surface area is 141 Å². The maximum atomic E-state index is 13.1. The summed E-state index contributed by atoms with van der Waals surface area (Å²) in [5.74, 6) is 0.0979. The molecule has 1 aromatic carbocycles. The van der Waals surface area contributed by atoms with Crippen LogP contribution in [0.2, 0.25) is 0 Å². The van der Waals surface area contributed by atoms with Crippen molar-refractivity contribution in [1.29, 1.82) is 0 Å². The number of H-pyrrole nitrogens is 1. The molecule has 3 aromatic rings. The zero-order valence-corrected chi connectivity index (χ0v) is 13.9. The first-order chi connectivity index (χ1) is 11.7. The molecule has 5 heteroatoms. The SMILES string of the molecule is Cc1ccc2[nH]c(C(=O)N3CCCC[C@H]3Cn3cccn3)cc2c1. The average molecular weight is 322 g/mol. The second-order valence-electron chi connectivity index (χ2n) is 6.65. The van der Waals surface area contributed by atoms with Crippen molar-refractivity contribution in [2.45, 2.75) is 38.8 Å². The lowest BCUT2D eigenvalue weighted by atomic mass is 10.0. The molecule has 3 heterocycles. The molecular formula is C19H22N4O. The van der Waals surface area contributed by atoms with Crippen molar-refractivity contribution in [3.63, 3.8) is 0 Å². The van der Waals surface area contributed by atoms with E-state index in [2.05, 4.69) is 29.1 Å². The van der Waals surface area contributed by atoms with Crippen LogP contribution in [0.15, 0.2) is 42.7 Å². The first kappa shape index (κ1) is 15.0. The molecular weight excluding hydrogens is 300 g/mol. The number of rotatable bonds is 3. The number of aryl methyl sites for hydroxylation is 1. The van der Waals surface area contributed by atoms with Crippen LogP contribution in [0.3, 0.4) is 0 Å². The lowest BCUT2D eigenvalue weighted by Gasteiger charge is -2.35. The summed E-state index contributed by atoms with van der Waals surface area (Å²) in [7, 11) is 0. The van der Waals surface area contributed by atoms with E-state index in [9.17, 15) is 4.79 Å². The van der Waals surface area contributed by atoms with Crippen molar-refractivity contribution >= 4 is 16.8 Å². The van der Waals surface area contributed by atoms with E-state index in [1.165, 1.54) is 12.0 Å². The van der Waals surface area contributed by atoms with Gasteiger partial charge in [0.2, 0.25) is 0 Å². The van der Waals surface area contributed by atoms with Gasteiger partial charge in [0.15, 0.2) is 0 Å². The quantitative estimate of drug-likeness (QED) is 0.804. The van der Waals surface area contributed by atoms with Gasteiger partial charge in [-0.1, -0.05) is 11.6 Å². The standard InChI is InChI=1S/C19H22N4O/c1-14-6-7-17-15(11-14)12-18(21-17)19(24)23-10-3-2-5-16(23)13-22-9-4-8-20-22/h4,6-9,11-12,16,21H,2-3,5,10,13H2,1H3/t16-/m0/s1. The van der Waals surface area contributed by atoms with Crippen molar-refractivity contribution < 1.29 is 4.79 Å². The Balaban J connectivity index is 1.60. The number of carbonyl (C=O) groups is 1. The third-order valence-corrected chi connectivity index (χ3v) is 4.85. The highest BCUT2D eigenvalue weighted by Crippen LogP contribution is 2.23. The Bertz CT molecular complexity index is 850. The maximum Gasteiger partial charge on any atom is 0.270 e. The van der Waals surface area contributed by atoms with Crippen LogP contribution in [0.4, 0.5) is 0 Å². The largest absolute Gasteiger partial charge is 0.351 e. The predicted molar refractivity (Wildman–Crippen MR) is 93.9 cm³/mol. The summed E-state index contributed by atoms with van der Waals surface area (Å²) in [5, 5.41) is 5.39. The molecule has 0 radical (unpaired) electrons. The van der Waals surface area contributed by atoms with Crippen molar-refractivity contribution in [3.05, 3.63) is 54.0 Å². The van der Waals surface area contributed by atoms with Gasteiger partial charge in [-0.15, -0.1) is 0 Å². The van der Waals surface area contributed by atoms with Crippen LogP contribution >= 0.6 is 0 Å².